The predicted octanol–water partition coefficient (Wildman–Crippen LogP) is 0.943. The van der Waals surface area contributed by atoms with Crippen molar-refractivity contribution in [1.29, 1.82) is 0 Å². The van der Waals surface area contributed by atoms with E-state index in [0.717, 1.165) is 12.0 Å². The average Bonchev–Trinajstić information content (AvgIpc) is 2.98. The second kappa shape index (κ2) is 8.41. The lowest BCUT2D eigenvalue weighted by atomic mass is 9.99. The lowest BCUT2D eigenvalue weighted by Gasteiger charge is -2.12. The summed E-state index contributed by atoms with van der Waals surface area (Å²) in [5.74, 6) is 1.49. The number of hydrogen-bond donors (Lipinski definition) is 3. The molecule has 0 saturated carbocycles. The van der Waals surface area contributed by atoms with Crippen molar-refractivity contribution in [2.75, 3.05) is 12.3 Å². The summed E-state index contributed by atoms with van der Waals surface area (Å²) in [4.78, 5) is 12.0. The molecule has 5 nitrogen and oxygen atoms in total. The van der Waals surface area contributed by atoms with Crippen LogP contribution in [0.5, 0.6) is 0 Å². The van der Waals surface area contributed by atoms with Gasteiger partial charge in [0, 0.05) is 34.9 Å². The van der Waals surface area contributed by atoms with Gasteiger partial charge >= 0.3 is 0 Å². The maximum absolute atomic E-state index is 12.0. The van der Waals surface area contributed by atoms with E-state index in [-0.39, 0.29) is 11.9 Å². The summed E-state index contributed by atoms with van der Waals surface area (Å²) in [6.07, 6.45) is 0.788. The third kappa shape index (κ3) is 5.19. The molecule has 1 fully saturated rings. The topological polar surface area (TPSA) is 70.2 Å². The van der Waals surface area contributed by atoms with E-state index in [9.17, 15) is 9.00 Å². The van der Waals surface area contributed by atoms with Crippen molar-refractivity contribution >= 4 is 16.7 Å². The van der Waals surface area contributed by atoms with Crippen LogP contribution in [-0.4, -0.2) is 34.5 Å². The van der Waals surface area contributed by atoms with Gasteiger partial charge in [0.15, 0.2) is 0 Å². The number of carbonyl (C=O) groups is 1. The fourth-order valence-corrected chi connectivity index (χ4v) is 3.47. The molecule has 1 aromatic rings. The lowest BCUT2D eigenvalue weighted by molar-refractivity contribution is -0.122. The fourth-order valence-electron chi connectivity index (χ4n) is 2.43. The minimum atomic E-state index is -0.954. The van der Waals surface area contributed by atoms with Crippen molar-refractivity contribution in [3.8, 4) is 0 Å². The molecule has 22 heavy (non-hydrogen) atoms. The molecule has 0 aliphatic carbocycles. The zero-order chi connectivity index (χ0) is 15.9. The van der Waals surface area contributed by atoms with Crippen molar-refractivity contribution in [2.45, 2.75) is 38.1 Å². The summed E-state index contributed by atoms with van der Waals surface area (Å²) in [7, 11) is -0.954. The van der Waals surface area contributed by atoms with Crippen LogP contribution in [0, 0.1) is 5.92 Å². The van der Waals surface area contributed by atoms with Gasteiger partial charge in [-0.25, -0.2) is 5.43 Å². The van der Waals surface area contributed by atoms with Crippen LogP contribution >= 0.6 is 0 Å². The van der Waals surface area contributed by atoms with E-state index in [1.807, 2.05) is 30.3 Å². The Labute approximate surface area is 134 Å². The fraction of sp³-hybridized carbons (Fsp3) is 0.562. The summed E-state index contributed by atoms with van der Waals surface area (Å²) in [6, 6.07) is 9.89. The highest BCUT2D eigenvalue weighted by Gasteiger charge is 2.30. The molecule has 3 unspecified atom stereocenters. The summed E-state index contributed by atoms with van der Waals surface area (Å²) < 4.78 is 12.0. The maximum atomic E-state index is 12.0. The lowest BCUT2D eigenvalue weighted by Crippen LogP contribution is -2.44. The standard InChI is InChI=1S/C16H25N3O2S/c1-12(2)14-10-15(19-18-14)16(20)17-8-9-22(21)11-13-6-4-3-5-7-13/h3-7,12,14-15,18-19H,8-11H2,1-2H3,(H,17,20). The van der Waals surface area contributed by atoms with Gasteiger partial charge in [-0.3, -0.25) is 14.4 Å². The average molecular weight is 323 g/mol. The Kier molecular flexibility index (Phi) is 6.54. The van der Waals surface area contributed by atoms with Crippen LogP contribution in [0.15, 0.2) is 30.3 Å². The first-order chi connectivity index (χ1) is 10.6. The molecule has 122 valence electrons. The zero-order valence-electron chi connectivity index (χ0n) is 13.2. The first kappa shape index (κ1) is 17.1. The molecule has 0 bridgehead atoms. The summed E-state index contributed by atoms with van der Waals surface area (Å²) >= 11 is 0. The monoisotopic (exact) mass is 323 g/mol. The number of carbonyl (C=O) groups excluding carboxylic acids is 1. The summed E-state index contributed by atoms with van der Waals surface area (Å²) in [5, 5.41) is 2.87. The SMILES string of the molecule is CC(C)C1CC(C(=O)NCCS(=O)Cc2ccccc2)NN1. The molecule has 3 atom stereocenters. The van der Waals surface area contributed by atoms with Crippen molar-refractivity contribution in [2.24, 2.45) is 5.92 Å². The smallest absolute Gasteiger partial charge is 0.238 e. The van der Waals surface area contributed by atoms with Gasteiger partial charge in [-0.1, -0.05) is 44.2 Å². The normalized spacial score (nSPS) is 22.7. The molecular weight excluding hydrogens is 298 g/mol. The van der Waals surface area contributed by atoms with E-state index in [4.69, 9.17) is 0 Å². The predicted molar refractivity (Wildman–Crippen MR) is 89.5 cm³/mol. The van der Waals surface area contributed by atoms with Crippen LogP contribution in [0.2, 0.25) is 0 Å². The van der Waals surface area contributed by atoms with E-state index in [1.54, 1.807) is 0 Å². The highest BCUT2D eigenvalue weighted by molar-refractivity contribution is 7.84. The van der Waals surface area contributed by atoms with E-state index < -0.39 is 10.8 Å². The van der Waals surface area contributed by atoms with Gasteiger partial charge in [-0.2, -0.15) is 0 Å². The van der Waals surface area contributed by atoms with E-state index in [1.165, 1.54) is 0 Å². The number of benzene rings is 1. The van der Waals surface area contributed by atoms with Gasteiger partial charge < -0.3 is 5.32 Å². The Morgan fingerprint density at radius 1 is 1.32 bits per heavy atom. The highest BCUT2D eigenvalue weighted by Crippen LogP contribution is 2.13. The number of hydrogen-bond acceptors (Lipinski definition) is 4. The largest absolute Gasteiger partial charge is 0.354 e. The molecular formula is C16H25N3O2S. The second-order valence-corrected chi connectivity index (χ2v) is 7.57. The Morgan fingerprint density at radius 3 is 2.68 bits per heavy atom. The van der Waals surface area contributed by atoms with E-state index in [2.05, 4.69) is 30.0 Å². The third-order valence-electron chi connectivity index (χ3n) is 3.85. The first-order valence-corrected chi connectivity index (χ1v) is 9.22. The molecule has 0 spiro atoms. The molecule has 1 heterocycles. The Bertz CT molecular complexity index is 507. The molecule has 1 amide bonds. The van der Waals surface area contributed by atoms with Crippen LogP contribution in [-0.2, 0) is 21.3 Å². The molecule has 1 saturated heterocycles. The minimum Gasteiger partial charge on any atom is -0.354 e. The number of rotatable bonds is 7. The third-order valence-corrected chi connectivity index (χ3v) is 5.17. The molecule has 0 radical (unpaired) electrons. The number of nitrogens with one attached hydrogen (secondary N) is 3. The first-order valence-electron chi connectivity index (χ1n) is 7.74. The Balaban J connectivity index is 1.66. The maximum Gasteiger partial charge on any atom is 0.238 e. The molecule has 3 N–H and O–H groups in total. The highest BCUT2D eigenvalue weighted by atomic mass is 32.2. The van der Waals surface area contributed by atoms with Gasteiger partial charge in [0.05, 0.1) is 0 Å². The molecule has 1 aliphatic heterocycles. The Hall–Kier alpha value is -1.24. The number of hydrazine groups is 1. The number of amides is 1. The van der Waals surface area contributed by atoms with E-state index in [0.29, 0.717) is 30.0 Å². The Morgan fingerprint density at radius 2 is 2.05 bits per heavy atom. The van der Waals surface area contributed by atoms with Crippen LogP contribution in [0.25, 0.3) is 0 Å². The molecule has 2 rings (SSSR count). The van der Waals surface area contributed by atoms with Crippen LogP contribution < -0.4 is 16.2 Å². The van der Waals surface area contributed by atoms with Crippen LogP contribution in [0.1, 0.15) is 25.8 Å². The van der Waals surface area contributed by atoms with Gasteiger partial charge in [-0.15, -0.1) is 0 Å². The molecule has 6 heteroatoms. The van der Waals surface area contributed by atoms with Crippen LogP contribution in [0.4, 0.5) is 0 Å². The minimum absolute atomic E-state index is 0.0210. The van der Waals surface area contributed by atoms with Crippen LogP contribution in [0.3, 0.4) is 0 Å². The molecule has 1 aromatic carbocycles. The molecule has 0 aromatic heterocycles. The quantitative estimate of drug-likeness (QED) is 0.698. The summed E-state index contributed by atoms with van der Waals surface area (Å²) in [5.41, 5.74) is 7.24. The van der Waals surface area contributed by atoms with E-state index >= 15 is 0 Å². The zero-order valence-corrected chi connectivity index (χ0v) is 14.0. The van der Waals surface area contributed by atoms with Gasteiger partial charge in [-0.05, 0) is 17.9 Å². The van der Waals surface area contributed by atoms with Gasteiger partial charge in [0.2, 0.25) is 5.91 Å². The summed E-state index contributed by atoms with van der Waals surface area (Å²) in [6.45, 7) is 4.71. The van der Waals surface area contributed by atoms with Crippen molar-refractivity contribution in [3.63, 3.8) is 0 Å². The second-order valence-electron chi connectivity index (χ2n) is 5.99. The van der Waals surface area contributed by atoms with Crippen molar-refractivity contribution < 1.29 is 9.00 Å². The van der Waals surface area contributed by atoms with Crippen molar-refractivity contribution in [1.82, 2.24) is 16.2 Å². The van der Waals surface area contributed by atoms with Crippen molar-refractivity contribution in [3.05, 3.63) is 35.9 Å². The molecule has 1 aliphatic rings. The van der Waals surface area contributed by atoms with Gasteiger partial charge in [0.1, 0.15) is 6.04 Å². The van der Waals surface area contributed by atoms with Gasteiger partial charge in [0.25, 0.3) is 0 Å².